The second-order valence-corrected chi connectivity index (χ2v) is 4.02. The summed E-state index contributed by atoms with van der Waals surface area (Å²) in [6.45, 7) is 5.53. The van der Waals surface area contributed by atoms with Crippen LogP contribution >= 0.6 is 0 Å². The lowest BCUT2D eigenvalue weighted by molar-refractivity contribution is 0.138. The van der Waals surface area contributed by atoms with Crippen LogP contribution in [0.1, 0.15) is 20.3 Å². The molecule has 0 aromatic carbocycles. The molecule has 0 radical (unpaired) electrons. The van der Waals surface area contributed by atoms with Crippen molar-refractivity contribution in [1.29, 1.82) is 0 Å². The molecule has 0 spiro atoms. The Morgan fingerprint density at radius 1 is 1.06 bits per heavy atom. The van der Waals surface area contributed by atoms with Gasteiger partial charge in [0.05, 0.1) is 13.2 Å². The van der Waals surface area contributed by atoms with Gasteiger partial charge in [0.25, 0.3) is 0 Å². The Hall–Kier alpha value is -1.50. The molecule has 1 heterocycles. The number of alkyl carbamates (subject to hydrolysis) is 2. The minimum atomic E-state index is -0.430. The maximum atomic E-state index is 11.3. The fourth-order valence-corrected chi connectivity index (χ4v) is 1.84. The van der Waals surface area contributed by atoms with Gasteiger partial charge in [-0.1, -0.05) is 0 Å². The van der Waals surface area contributed by atoms with E-state index in [1.54, 1.807) is 13.8 Å². The second-order valence-electron chi connectivity index (χ2n) is 4.02. The topological polar surface area (TPSA) is 88.7 Å². The first kappa shape index (κ1) is 14.6. The number of ether oxygens (including phenoxy) is 2. The number of carbonyl (C=O) groups is 2. The minimum Gasteiger partial charge on any atom is -0.450 e. The molecular weight excluding hydrogens is 238 g/mol. The lowest BCUT2D eigenvalue weighted by Gasteiger charge is -2.30. The number of hydrogen-bond acceptors (Lipinski definition) is 5. The van der Waals surface area contributed by atoms with Gasteiger partial charge in [-0.15, -0.1) is 0 Å². The molecule has 1 aliphatic heterocycles. The van der Waals surface area contributed by atoms with Crippen molar-refractivity contribution < 1.29 is 19.1 Å². The Morgan fingerprint density at radius 2 is 1.50 bits per heavy atom. The first-order valence-electron chi connectivity index (χ1n) is 6.23. The monoisotopic (exact) mass is 259 g/mol. The zero-order valence-corrected chi connectivity index (χ0v) is 10.8. The summed E-state index contributed by atoms with van der Waals surface area (Å²) in [5.41, 5.74) is 0. The maximum absolute atomic E-state index is 11.3. The number of amides is 2. The Balaban J connectivity index is 2.31. The molecular formula is C11H21N3O4. The summed E-state index contributed by atoms with van der Waals surface area (Å²) in [7, 11) is 0. The van der Waals surface area contributed by atoms with E-state index in [-0.39, 0.29) is 12.1 Å². The molecule has 0 aromatic rings. The summed E-state index contributed by atoms with van der Waals surface area (Å²) in [4.78, 5) is 22.5. The van der Waals surface area contributed by atoms with Crippen LogP contribution in [0.15, 0.2) is 0 Å². The molecule has 2 amide bonds. The van der Waals surface area contributed by atoms with E-state index >= 15 is 0 Å². The van der Waals surface area contributed by atoms with Gasteiger partial charge >= 0.3 is 12.2 Å². The highest BCUT2D eigenvalue weighted by Gasteiger charge is 2.24. The molecule has 0 unspecified atom stereocenters. The molecule has 2 atom stereocenters. The van der Waals surface area contributed by atoms with Crippen molar-refractivity contribution in [3.8, 4) is 0 Å². The van der Waals surface area contributed by atoms with E-state index in [1.165, 1.54) is 0 Å². The average molecular weight is 259 g/mol. The number of carbonyl (C=O) groups excluding carboxylic acids is 2. The highest BCUT2D eigenvalue weighted by molar-refractivity contribution is 5.68. The molecule has 1 aliphatic rings. The maximum Gasteiger partial charge on any atom is 0.407 e. The summed E-state index contributed by atoms with van der Waals surface area (Å²) in [5, 5.41) is 8.62. The zero-order valence-electron chi connectivity index (χ0n) is 10.8. The Labute approximate surface area is 107 Å². The second kappa shape index (κ2) is 7.75. The lowest BCUT2D eigenvalue weighted by atomic mass is 10.0. The van der Waals surface area contributed by atoms with Gasteiger partial charge in [0.15, 0.2) is 0 Å². The Kier molecular flexibility index (Phi) is 6.27. The van der Waals surface area contributed by atoms with Gasteiger partial charge in [0.1, 0.15) is 0 Å². The van der Waals surface area contributed by atoms with Crippen molar-refractivity contribution in [1.82, 2.24) is 16.0 Å². The third kappa shape index (κ3) is 5.22. The van der Waals surface area contributed by atoms with Gasteiger partial charge in [0.2, 0.25) is 0 Å². The van der Waals surface area contributed by atoms with E-state index in [0.29, 0.717) is 32.7 Å². The van der Waals surface area contributed by atoms with Crippen molar-refractivity contribution in [3.63, 3.8) is 0 Å². The standard InChI is InChI=1S/C11H21N3O4/c1-3-17-10(15)13-8-5-9(7-12-6-8)14-11(16)18-4-2/h8-9,12H,3-7H2,1-2H3,(H,13,15)(H,14,16)/t8-,9-/m1/s1. The summed E-state index contributed by atoms with van der Waals surface area (Å²) in [6, 6.07) is -0.102. The van der Waals surface area contributed by atoms with Crippen LogP contribution < -0.4 is 16.0 Å². The SMILES string of the molecule is CCOC(=O)N[C@H]1CNC[C@H](NC(=O)OCC)C1. The van der Waals surface area contributed by atoms with Gasteiger partial charge in [-0.25, -0.2) is 9.59 Å². The number of hydrogen-bond donors (Lipinski definition) is 3. The van der Waals surface area contributed by atoms with Crippen LogP contribution in [0.5, 0.6) is 0 Å². The highest BCUT2D eigenvalue weighted by atomic mass is 16.6. The van der Waals surface area contributed by atoms with E-state index in [4.69, 9.17) is 9.47 Å². The molecule has 104 valence electrons. The summed E-state index contributed by atoms with van der Waals surface area (Å²) in [5.74, 6) is 0. The largest absolute Gasteiger partial charge is 0.450 e. The fraction of sp³-hybridized carbons (Fsp3) is 0.818. The molecule has 0 aromatic heterocycles. The number of rotatable bonds is 4. The van der Waals surface area contributed by atoms with E-state index < -0.39 is 12.2 Å². The normalized spacial score (nSPS) is 23.0. The zero-order chi connectivity index (χ0) is 13.4. The molecule has 18 heavy (non-hydrogen) atoms. The van der Waals surface area contributed by atoms with Gasteiger partial charge < -0.3 is 25.4 Å². The molecule has 1 rings (SSSR count). The van der Waals surface area contributed by atoms with Crippen LogP contribution in [0.25, 0.3) is 0 Å². The summed E-state index contributed by atoms with van der Waals surface area (Å²) < 4.78 is 9.62. The van der Waals surface area contributed by atoms with Gasteiger partial charge in [-0.3, -0.25) is 0 Å². The average Bonchev–Trinajstić information content (AvgIpc) is 2.29. The van der Waals surface area contributed by atoms with Crippen molar-refractivity contribution in [2.75, 3.05) is 26.3 Å². The van der Waals surface area contributed by atoms with Crippen molar-refractivity contribution in [2.45, 2.75) is 32.4 Å². The summed E-state index contributed by atoms with van der Waals surface area (Å²) >= 11 is 0. The molecule has 1 fully saturated rings. The predicted octanol–water partition coefficient (Wildman–Crippen LogP) is 0.209. The van der Waals surface area contributed by atoms with E-state index in [0.717, 1.165) is 0 Å². The Morgan fingerprint density at radius 3 is 1.89 bits per heavy atom. The minimum absolute atomic E-state index is 0.0512. The lowest BCUT2D eigenvalue weighted by Crippen LogP contribution is -2.55. The van der Waals surface area contributed by atoms with Crippen LogP contribution in [-0.2, 0) is 9.47 Å². The third-order valence-corrected chi connectivity index (χ3v) is 2.55. The van der Waals surface area contributed by atoms with Crippen molar-refractivity contribution >= 4 is 12.2 Å². The van der Waals surface area contributed by atoms with Crippen LogP contribution in [0.3, 0.4) is 0 Å². The van der Waals surface area contributed by atoms with Gasteiger partial charge in [0, 0.05) is 25.2 Å². The quantitative estimate of drug-likeness (QED) is 0.671. The predicted molar refractivity (Wildman–Crippen MR) is 65.4 cm³/mol. The first-order chi connectivity index (χ1) is 8.65. The third-order valence-electron chi connectivity index (χ3n) is 2.55. The molecule has 1 saturated heterocycles. The fourth-order valence-electron chi connectivity index (χ4n) is 1.84. The molecule has 7 heteroatoms. The van der Waals surface area contributed by atoms with Crippen LogP contribution in [0, 0.1) is 0 Å². The number of piperidine rings is 1. The van der Waals surface area contributed by atoms with Crippen LogP contribution in [0.2, 0.25) is 0 Å². The number of nitrogens with one attached hydrogen (secondary N) is 3. The van der Waals surface area contributed by atoms with E-state index in [9.17, 15) is 9.59 Å². The summed E-state index contributed by atoms with van der Waals surface area (Å²) in [6.07, 6.45) is -0.202. The molecule has 0 bridgehead atoms. The van der Waals surface area contributed by atoms with Gasteiger partial charge in [-0.2, -0.15) is 0 Å². The molecule has 3 N–H and O–H groups in total. The van der Waals surface area contributed by atoms with E-state index in [2.05, 4.69) is 16.0 Å². The smallest absolute Gasteiger partial charge is 0.407 e. The van der Waals surface area contributed by atoms with Crippen molar-refractivity contribution in [3.05, 3.63) is 0 Å². The molecule has 0 aliphatic carbocycles. The Bertz CT molecular complexity index is 259. The van der Waals surface area contributed by atoms with Gasteiger partial charge in [-0.05, 0) is 20.3 Å². The van der Waals surface area contributed by atoms with E-state index in [1.807, 2.05) is 0 Å². The molecule has 7 nitrogen and oxygen atoms in total. The van der Waals surface area contributed by atoms with Crippen LogP contribution in [0.4, 0.5) is 9.59 Å². The van der Waals surface area contributed by atoms with Crippen molar-refractivity contribution in [2.24, 2.45) is 0 Å². The van der Waals surface area contributed by atoms with Crippen LogP contribution in [-0.4, -0.2) is 50.6 Å². The first-order valence-corrected chi connectivity index (χ1v) is 6.23. The molecule has 0 saturated carbocycles. The highest BCUT2D eigenvalue weighted by Crippen LogP contribution is 2.04.